The summed E-state index contributed by atoms with van der Waals surface area (Å²) >= 11 is 0. The summed E-state index contributed by atoms with van der Waals surface area (Å²) < 4.78 is 5.24. The highest BCUT2D eigenvalue weighted by molar-refractivity contribution is 6.39. The van der Waals surface area contributed by atoms with Crippen LogP contribution < -0.4 is 10.2 Å². The van der Waals surface area contributed by atoms with Crippen LogP contribution in [0.5, 0.6) is 5.75 Å². The standard InChI is InChI=1S/C25H28N4O4/c1-3-28-13-14-29(24(31)21-11-12-23(30)27-26-21)22(25(28)32)16-17-5-4-6-19(15-17)18-7-9-20(33-2)10-8-18/h4-10,15,22H,3,11-14,16H2,1-2H3,(H,27,30)/t22-/m0/s1. The molecule has 0 bridgehead atoms. The number of likely N-dealkylation sites (N-methyl/N-ethyl adjacent to an activating group) is 1. The summed E-state index contributed by atoms with van der Waals surface area (Å²) in [6.45, 7) is 3.47. The van der Waals surface area contributed by atoms with Crippen LogP contribution in [0.4, 0.5) is 0 Å². The summed E-state index contributed by atoms with van der Waals surface area (Å²) in [5.74, 6) is 0.242. The molecule has 0 radical (unpaired) electrons. The van der Waals surface area contributed by atoms with E-state index in [0.717, 1.165) is 22.4 Å². The summed E-state index contributed by atoms with van der Waals surface area (Å²) in [5.41, 5.74) is 5.72. The van der Waals surface area contributed by atoms with Gasteiger partial charge in [0.2, 0.25) is 11.8 Å². The molecule has 4 rings (SSSR count). The lowest BCUT2D eigenvalue weighted by Gasteiger charge is -2.40. The molecule has 3 amide bonds. The molecule has 2 aromatic rings. The van der Waals surface area contributed by atoms with E-state index in [1.165, 1.54) is 0 Å². The largest absolute Gasteiger partial charge is 0.497 e. The number of nitrogens with zero attached hydrogens (tertiary/aromatic N) is 3. The smallest absolute Gasteiger partial charge is 0.270 e. The van der Waals surface area contributed by atoms with Crippen molar-refractivity contribution in [3.8, 4) is 16.9 Å². The average molecular weight is 449 g/mol. The minimum atomic E-state index is -0.613. The number of benzene rings is 2. The Balaban J connectivity index is 1.59. The lowest BCUT2D eigenvalue weighted by atomic mass is 9.96. The van der Waals surface area contributed by atoms with Crippen molar-refractivity contribution in [3.63, 3.8) is 0 Å². The van der Waals surface area contributed by atoms with Gasteiger partial charge in [0.05, 0.1) is 7.11 Å². The van der Waals surface area contributed by atoms with Gasteiger partial charge in [0, 0.05) is 38.9 Å². The zero-order chi connectivity index (χ0) is 23.4. The van der Waals surface area contributed by atoms with Crippen molar-refractivity contribution >= 4 is 23.4 Å². The van der Waals surface area contributed by atoms with E-state index in [2.05, 4.69) is 16.6 Å². The van der Waals surface area contributed by atoms with Crippen molar-refractivity contribution in [1.29, 1.82) is 0 Å². The van der Waals surface area contributed by atoms with E-state index in [1.54, 1.807) is 16.9 Å². The zero-order valence-electron chi connectivity index (χ0n) is 18.9. The fourth-order valence-corrected chi connectivity index (χ4v) is 4.27. The molecule has 1 atom stereocenters. The van der Waals surface area contributed by atoms with Gasteiger partial charge in [-0.1, -0.05) is 36.4 Å². The molecular weight excluding hydrogens is 420 g/mol. The van der Waals surface area contributed by atoms with Gasteiger partial charge in [-0.3, -0.25) is 14.4 Å². The monoisotopic (exact) mass is 448 g/mol. The molecular formula is C25H28N4O4. The second-order valence-corrected chi connectivity index (χ2v) is 8.16. The van der Waals surface area contributed by atoms with Gasteiger partial charge in [-0.05, 0) is 35.7 Å². The van der Waals surface area contributed by atoms with Crippen LogP contribution in [0.25, 0.3) is 11.1 Å². The maximum Gasteiger partial charge on any atom is 0.270 e. The number of piperazine rings is 1. The summed E-state index contributed by atoms with van der Waals surface area (Å²) in [6.07, 6.45) is 0.916. The second kappa shape index (κ2) is 9.85. The minimum Gasteiger partial charge on any atom is -0.497 e. The van der Waals surface area contributed by atoms with E-state index in [1.807, 2.05) is 49.4 Å². The van der Waals surface area contributed by atoms with Crippen LogP contribution in [0.15, 0.2) is 53.6 Å². The highest BCUT2D eigenvalue weighted by atomic mass is 16.5. The maximum atomic E-state index is 13.2. The number of carbonyl (C=O) groups excluding carboxylic acids is 3. The summed E-state index contributed by atoms with van der Waals surface area (Å²) in [7, 11) is 1.64. The Kier molecular flexibility index (Phi) is 6.72. The van der Waals surface area contributed by atoms with Gasteiger partial charge in [0.25, 0.3) is 5.91 Å². The van der Waals surface area contributed by atoms with Gasteiger partial charge in [-0.15, -0.1) is 0 Å². The summed E-state index contributed by atoms with van der Waals surface area (Å²) in [5, 5.41) is 3.95. The molecule has 33 heavy (non-hydrogen) atoms. The van der Waals surface area contributed by atoms with E-state index in [9.17, 15) is 14.4 Å². The molecule has 0 saturated carbocycles. The molecule has 0 aliphatic carbocycles. The first-order valence-corrected chi connectivity index (χ1v) is 11.2. The molecule has 8 heteroatoms. The lowest BCUT2D eigenvalue weighted by Crippen LogP contribution is -2.60. The van der Waals surface area contributed by atoms with E-state index in [0.29, 0.717) is 31.8 Å². The number of nitrogens with one attached hydrogen (secondary N) is 1. The fraction of sp³-hybridized carbons (Fsp3) is 0.360. The number of methoxy groups -OCH3 is 1. The van der Waals surface area contributed by atoms with Crippen LogP contribution in [-0.4, -0.2) is 66.0 Å². The SMILES string of the molecule is CCN1CCN(C(=O)C2=NNC(=O)CC2)[C@@H](Cc2cccc(-c3ccc(OC)cc3)c2)C1=O. The molecule has 8 nitrogen and oxygen atoms in total. The Bertz CT molecular complexity index is 1080. The number of hydrogen-bond acceptors (Lipinski definition) is 5. The Labute approximate surface area is 193 Å². The average Bonchev–Trinajstić information content (AvgIpc) is 2.85. The number of hydrazone groups is 1. The van der Waals surface area contributed by atoms with Crippen molar-refractivity contribution < 1.29 is 19.1 Å². The van der Waals surface area contributed by atoms with Crippen LogP contribution in [-0.2, 0) is 20.8 Å². The van der Waals surface area contributed by atoms with E-state index >= 15 is 0 Å². The molecule has 0 aromatic heterocycles. The first kappa shape index (κ1) is 22.5. The number of ether oxygens (including phenoxy) is 1. The predicted octanol–water partition coefficient (Wildman–Crippen LogP) is 2.23. The van der Waals surface area contributed by atoms with Crippen molar-refractivity contribution in [2.24, 2.45) is 5.10 Å². The highest BCUT2D eigenvalue weighted by Gasteiger charge is 2.38. The Hall–Kier alpha value is -3.68. The van der Waals surface area contributed by atoms with E-state index < -0.39 is 6.04 Å². The van der Waals surface area contributed by atoms with Crippen LogP contribution in [0, 0.1) is 0 Å². The number of hydrogen-bond donors (Lipinski definition) is 1. The molecule has 2 aromatic carbocycles. The molecule has 0 unspecified atom stereocenters. The Morgan fingerprint density at radius 1 is 1.09 bits per heavy atom. The molecule has 0 spiro atoms. The van der Waals surface area contributed by atoms with Crippen molar-refractivity contribution in [1.82, 2.24) is 15.2 Å². The van der Waals surface area contributed by atoms with Gasteiger partial charge in [-0.2, -0.15) is 5.10 Å². The van der Waals surface area contributed by atoms with Crippen LogP contribution in [0.2, 0.25) is 0 Å². The van der Waals surface area contributed by atoms with Crippen LogP contribution in [0.3, 0.4) is 0 Å². The number of amides is 3. The maximum absolute atomic E-state index is 13.2. The molecule has 2 aliphatic heterocycles. The Morgan fingerprint density at radius 3 is 2.55 bits per heavy atom. The minimum absolute atomic E-state index is 0.0626. The molecule has 172 valence electrons. The zero-order valence-corrected chi connectivity index (χ0v) is 18.9. The van der Waals surface area contributed by atoms with Gasteiger partial charge in [-0.25, -0.2) is 5.43 Å². The lowest BCUT2D eigenvalue weighted by molar-refractivity contribution is -0.148. The van der Waals surface area contributed by atoms with E-state index in [-0.39, 0.29) is 30.6 Å². The molecule has 1 saturated heterocycles. The number of carbonyl (C=O) groups is 3. The normalized spacial score (nSPS) is 18.6. The highest BCUT2D eigenvalue weighted by Crippen LogP contribution is 2.25. The van der Waals surface area contributed by atoms with Crippen molar-refractivity contribution in [2.45, 2.75) is 32.2 Å². The quantitative estimate of drug-likeness (QED) is 0.734. The predicted molar refractivity (Wildman–Crippen MR) is 125 cm³/mol. The number of rotatable bonds is 6. The van der Waals surface area contributed by atoms with Gasteiger partial charge < -0.3 is 14.5 Å². The summed E-state index contributed by atoms with van der Waals surface area (Å²) in [4.78, 5) is 41.3. The van der Waals surface area contributed by atoms with Gasteiger partial charge >= 0.3 is 0 Å². The fourth-order valence-electron chi connectivity index (χ4n) is 4.27. The van der Waals surface area contributed by atoms with Gasteiger partial charge in [0.1, 0.15) is 17.5 Å². The van der Waals surface area contributed by atoms with Crippen LogP contribution in [0.1, 0.15) is 25.3 Å². The van der Waals surface area contributed by atoms with Crippen molar-refractivity contribution in [2.75, 3.05) is 26.7 Å². The third kappa shape index (κ3) is 4.89. The molecule has 1 N–H and O–H groups in total. The van der Waals surface area contributed by atoms with Gasteiger partial charge in [0.15, 0.2) is 0 Å². The van der Waals surface area contributed by atoms with E-state index in [4.69, 9.17) is 4.74 Å². The first-order valence-electron chi connectivity index (χ1n) is 11.2. The third-order valence-electron chi connectivity index (χ3n) is 6.16. The Morgan fingerprint density at radius 2 is 1.88 bits per heavy atom. The molecule has 1 fully saturated rings. The molecule has 2 heterocycles. The second-order valence-electron chi connectivity index (χ2n) is 8.16. The summed E-state index contributed by atoms with van der Waals surface area (Å²) in [6, 6.07) is 15.2. The van der Waals surface area contributed by atoms with Crippen LogP contribution >= 0.6 is 0 Å². The third-order valence-corrected chi connectivity index (χ3v) is 6.16. The van der Waals surface area contributed by atoms with Crippen molar-refractivity contribution in [3.05, 3.63) is 54.1 Å². The first-order chi connectivity index (χ1) is 16.0. The topological polar surface area (TPSA) is 91.3 Å². The molecule has 2 aliphatic rings.